The SMILES string of the molecule is CCOc1cc(C(=O)N2CCN(c3ccc(-n4cncn4)nn3)CC2)cc(OCC)c1OCC. The fraction of sp³-hybridized carbons (Fsp3) is 0.435. The second-order valence-corrected chi connectivity index (χ2v) is 7.47. The summed E-state index contributed by atoms with van der Waals surface area (Å²) in [6.45, 7) is 9.49. The minimum Gasteiger partial charge on any atom is -0.490 e. The summed E-state index contributed by atoms with van der Waals surface area (Å²) in [7, 11) is 0. The van der Waals surface area contributed by atoms with E-state index < -0.39 is 0 Å². The molecule has 11 nitrogen and oxygen atoms in total. The summed E-state index contributed by atoms with van der Waals surface area (Å²) in [5, 5.41) is 12.6. The standard InChI is InChI=1S/C23H29N7O4/c1-4-32-18-13-17(14-19(33-5-2)22(18)34-6-3)23(31)29-11-9-28(10-12-29)20-7-8-21(27-26-20)30-16-24-15-25-30/h7-8,13-16H,4-6,9-12H2,1-3H3. The van der Waals surface area contributed by atoms with Crippen LogP contribution in [0.25, 0.3) is 5.82 Å². The first-order valence-corrected chi connectivity index (χ1v) is 11.4. The topological polar surface area (TPSA) is 108 Å². The highest BCUT2D eigenvalue weighted by atomic mass is 16.5. The van der Waals surface area contributed by atoms with Gasteiger partial charge in [0.1, 0.15) is 12.7 Å². The number of carbonyl (C=O) groups is 1. The molecule has 11 heteroatoms. The summed E-state index contributed by atoms with van der Waals surface area (Å²) < 4.78 is 18.8. The maximum atomic E-state index is 13.3. The van der Waals surface area contributed by atoms with Gasteiger partial charge in [-0.15, -0.1) is 10.2 Å². The molecule has 0 unspecified atom stereocenters. The molecule has 1 aliphatic rings. The maximum absolute atomic E-state index is 13.3. The lowest BCUT2D eigenvalue weighted by Crippen LogP contribution is -2.49. The van der Waals surface area contributed by atoms with Gasteiger partial charge in [0.05, 0.1) is 19.8 Å². The van der Waals surface area contributed by atoms with E-state index in [4.69, 9.17) is 14.2 Å². The second kappa shape index (κ2) is 10.8. The summed E-state index contributed by atoms with van der Waals surface area (Å²) in [6, 6.07) is 7.22. The Balaban J connectivity index is 1.45. The van der Waals surface area contributed by atoms with Crippen LogP contribution in [-0.4, -0.2) is 81.8 Å². The minimum absolute atomic E-state index is 0.0720. The van der Waals surface area contributed by atoms with E-state index in [0.29, 0.717) is 74.6 Å². The zero-order valence-electron chi connectivity index (χ0n) is 19.7. The molecule has 0 spiro atoms. The van der Waals surface area contributed by atoms with E-state index in [2.05, 4.69) is 25.2 Å². The number of carbonyl (C=O) groups excluding carboxylic acids is 1. The van der Waals surface area contributed by atoms with Gasteiger partial charge in [-0.05, 0) is 45.0 Å². The van der Waals surface area contributed by atoms with Gasteiger partial charge in [-0.1, -0.05) is 0 Å². The Bertz CT molecular complexity index is 1050. The van der Waals surface area contributed by atoms with Gasteiger partial charge in [-0.25, -0.2) is 9.67 Å². The Morgan fingerprint density at radius 1 is 0.882 bits per heavy atom. The van der Waals surface area contributed by atoms with Gasteiger partial charge in [0, 0.05) is 31.7 Å². The zero-order chi connectivity index (χ0) is 23.9. The van der Waals surface area contributed by atoms with Crippen LogP contribution in [0.15, 0.2) is 36.9 Å². The van der Waals surface area contributed by atoms with Gasteiger partial charge < -0.3 is 24.0 Å². The van der Waals surface area contributed by atoms with E-state index in [-0.39, 0.29) is 5.91 Å². The van der Waals surface area contributed by atoms with Gasteiger partial charge in [0.25, 0.3) is 5.91 Å². The highest BCUT2D eigenvalue weighted by Gasteiger charge is 2.26. The number of aromatic nitrogens is 5. The van der Waals surface area contributed by atoms with E-state index in [1.807, 2.05) is 37.8 Å². The lowest BCUT2D eigenvalue weighted by Gasteiger charge is -2.35. The number of nitrogens with zero attached hydrogens (tertiary/aromatic N) is 7. The Morgan fingerprint density at radius 2 is 1.50 bits per heavy atom. The average Bonchev–Trinajstić information content (AvgIpc) is 3.41. The first kappa shape index (κ1) is 23.3. The predicted molar refractivity (Wildman–Crippen MR) is 125 cm³/mol. The summed E-state index contributed by atoms with van der Waals surface area (Å²) in [4.78, 5) is 21.2. The van der Waals surface area contributed by atoms with Crippen molar-refractivity contribution >= 4 is 11.7 Å². The molecule has 2 aromatic heterocycles. The maximum Gasteiger partial charge on any atom is 0.254 e. The van der Waals surface area contributed by atoms with Crippen molar-refractivity contribution in [3.05, 3.63) is 42.5 Å². The fourth-order valence-electron chi connectivity index (χ4n) is 3.77. The molecule has 0 bridgehead atoms. The molecule has 3 heterocycles. The number of rotatable bonds is 9. The third-order valence-electron chi connectivity index (χ3n) is 5.34. The van der Waals surface area contributed by atoms with Crippen LogP contribution < -0.4 is 19.1 Å². The average molecular weight is 468 g/mol. The van der Waals surface area contributed by atoms with Crippen molar-refractivity contribution in [2.75, 3.05) is 50.9 Å². The third kappa shape index (κ3) is 5.03. The Morgan fingerprint density at radius 3 is 2.03 bits per heavy atom. The largest absolute Gasteiger partial charge is 0.490 e. The highest BCUT2D eigenvalue weighted by molar-refractivity contribution is 5.95. The van der Waals surface area contributed by atoms with E-state index in [0.717, 1.165) is 5.82 Å². The molecule has 180 valence electrons. The first-order chi connectivity index (χ1) is 16.6. The normalized spacial score (nSPS) is 13.6. The van der Waals surface area contributed by atoms with E-state index in [1.54, 1.807) is 23.1 Å². The Hall–Kier alpha value is -3.89. The van der Waals surface area contributed by atoms with Crippen molar-refractivity contribution in [3.8, 4) is 23.1 Å². The van der Waals surface area contributed by atoms with Crippen LogP contribution in [-0.2, 0) is 0 Å². The number of piperazine rings is 1. The van der Waals surface area contributed by atoms with Crippen molar-refractivity contribution in [2.45, 2.75) is 20.8 Å². The minimum atomic E-state index is -0.0720. The van der Waals surface area contributed by atoms with Gasteiger partial charge in [-0.3, -0.25) is 4.79 Å². The molecule has 4 rings (SSSR count). The Labute approximate surface area is 198 Å². The smallest absolute Gasteiger partial charge is 0.254 e. The van der Waals surface area contributed by atoms with Gasteiger partial charge in [0.15, 0.2) is 23.1 Å². The first-order valence-electron chi connectivity index (χ1n) is 11.4. The molecule has 0 aliphatic carbocycles. The molecule has 1 aliphatic heterocycles. The number of hydrogen-bond acceptors (Lipinski definition) is 9. The molecular weight excluding hydrogens is 438 g/mol. The van der Waals surface area contributed by atoms with Crippen molar-refractivity contribution in [1.29, 1.82) is 0 Å². The summed E-state index contributed by atoms with van der Waals surface area (Å²) in [6.07, 6.45) is 3.02. The van der Waals surface area contributed by atoms with Crippen molar-refractivity contribution in [1.82, 2.24) is 29.9 Å². The van der Waals surface area contributed by atoms with Crippen LogP contribution in [0.2, 0.25) is 0 Å². The van der Waals surface area contributed by atoms with Crippen LogP contribution in [0.3, 0.4) is 0 Å². The van der Waals surface area contributed by atoms with Crippen molar-refractivity contribution < 1.29 is 19.0 Å². The summed E-state index contributed by atoms with van der Waals surface area (Å²) in [5.74, 6) is 2.84. The number of ether oxygens (including phenoxy) is 3. The number of hydrogen-bond donors (Lipinski definition) is 0. The molecule has 1 saturated heterocycles. The third-order valence-corrected chi connectivity index (χ3v) is 5.34. The molecule has 34 heavy (non-hydrogen) atoms. The van der Waals surface area contributed by atoms with Crippen molar-refractivity contribution in [3.63, 3.8) is 0 Å². The number of benzene rings is 1. The van der Waals surface area contributed by atoms with Crippen LogP contribution in [0.5, 0.6) is 17.2 Å². The van der Waals surface area contributed by atoms with Gasteiger partial charge in [0.2, 0.25) is 5.75 Å². The summed E-state index contributed by atoms with van der Waals surface area (Å²) >= 11 is 0. The second-order valence-electron chi connectivity index (χ2n) is 7.47. The predicted octanol–water partition coefficient (Wildman–Crippen LogP) is 2.22. The molecular formula is C23H29N7O4. The van der Waals surface area contributed by atoms with Gasteiger partial charge >= 0.3 is 0 Å². The lowest BCUT2D eigenvalue weighted by atomic mass is 10.1. The molecule has 1 aromatic carbocycles. The lowest BCUT2D eigenvalue weighted by molar-refractivity contribution is 0.0745. The quantitative estimate of drug-likeness (QED) is 0.468. The molecule has 0 atom stereocenters. The molecule has 3 aromatic rings. The Kier molecular flexibility index (Phi) is 7.41. The highest BCUT2D eigenvalue weighted by Crippen LogP contribution is 2.39. The van der Waals surface area contributed by atoms with E-state index in [9.17, 15) is 4.79 Å². The van der Waals surface area contributed by atoms with Crippen LogP contribution in [0, 0.1) is 0 Å². The number of amides is 1. The molecule has 0 N–H and O–H groups in total. The number of anilines is 1. The molecule has 1 amide bonds. The molecule has 0 radical (unpaired) electrons. The fourth-order valence-corrected chi connectivity index (χ4v) is 3.77. The molecule has 1 fully saturated rings. The van der Waals surface area contributed by atoms with Crippen molar-refractivity contribution in [2.24, 2.45) is 0 Å². The zero-order valence-corrected chi connectivity index (χ0v) is 19.7. The van der Waals surface area contributed by atoms with Crippen LogP contribution >= 0.6 is 0 Å². The molecule has 0 saturated carbocycles. The van der Waals surface area contributed by atoms with Gasteiger partial charge in [-0.2, -0.15) is 5.10 Å². The summed E-state index contributed by atoms with van der Waals surface area (Å²) in [5.41, 5.74) is 0.515. The monoisotopic (exact) mass is 467 g/mol. The van der Waals surface area contributed by atoms with Crippen LogP contribution in [0.1, 0.15) is 31.1 Å². The van der Waals surface area contributed by atoms with E-state index >= 15 is 0 Å². The van der Waals surface area contributed by atoms with E-state index in [1.165, 1.54) is 6.33 Å². The van der Waals surface area contributed by atoms with Crippen LogP contribution in [0.4, 0.5) is 5.82 Å².